The first-order chi connectivity index (χ1) is 16.1. The van der Waals surface area contributed by atoms with Crippen molar-refractivity contribution in [3.63, 3.8) is 0 Å². The van der Waals surface area contributed by atoms with E-state index < -0.39 is 0 Å². The van der Waals surface area contributed by atoms with Crippen LogP contribution in [0.3, 0.4) is 0 Å². The first-order valence-electron chi connectivity index (χ1n) is 11.6. The Morgan fingerprint density at radius 1 is 1.24 bits per heavy atom. The quantitative estimate of drug-likeness (QED) is 0.707. The van der Waals surface area contributed by atoms with Crippen LogP contribution in [0.1, 0.15) is 44.2 Å². The summed E-state index contributed by atoms with van der Waals surface area (Å²) in [6, 6.07) is 12.8. The van der Waals surface area contributed by atoms with Crippen LogP contribution in [-0.4, -0.2) is 68.2 Å². The van der Waals surface area contributed by atoms with Gasteiger partial charge in [0, 0.05) is 56.9 Å². The molecule has 0 aliphatic carbocycles. The Labute approximate surface area is 194 Å². The van der Waals surface area contributed by atoms with E-state index in [2.05, 4.69) is 34.2 Å². The number of benzene rings is 2. The second-order valence-electron chi connectivity index (χ2n) is 9.19. The summed E-state index contributed by atoms with van der Waals surface area (Å²) in [4.78, 5) is 17.0. The standard InChI is InChI=1S/C26H30N4O3/c1-17-21(5-6-22-23(17)16-33-26(22)31)24-15-30-10-9-29(14-20(30)13-28-24)8-7-18-3-4-19(12-27)25(11-18)32-2/h3-6,11,20,24,28H,7-10,13-16H2,1-2H3/t20-,24-/m0/s1. The molecule has 2 atom stereocenters. The number of methoxy groups -OCH3 is 1. The molecule has 3 aliphatic rings. The molecule has 2 fully saturated rings. The van der Waals surface area contributed by atoms with Gasteiger partial charge in [-0.3, -0.25) is 4.90 Å². The third kappa shape index (κ3) is 4.22. The van der Waals surface area contributed by atoms with Crippen LogP contribution in [0.2, 0.25) is 0 Å². The molecular formula is C26H30N4O3. The third-order valence-electron chi connectivity index (χ3n) is 7.39. The topological polar surface area (TPSA) is 77.8 Å². The summed E-state index contributed by atoms with van der Waals surface area (Å²) in [6.45, 7) is 8.62. The highest BCUT2D eigenvalue weighted by Gasteiger charge is 2.34. The van der Waals surface area contributed by atoms with Gasteiger partial charge in [0.2, 0.25) is 0 Å². The van der Waals surface area contributed by atoms with E-state index >= 15 is 0 Å². The second kappa shape index (κ2) is 9.14. The van der Waals surface area contributed by atoms with Gasteiger partial charge in [-0.1, -0.05) is 12.1 Å². The minimum absolute atomic E-state index is 0.202. The van der Waals surface area contributed by atoms with Crippen molar-refractivity contribution in [2.24, 2.45) is 0 Å². The van der Waals surface area contributed by atoms with Gasteiger partial charge in [0.05, 0.1) is 18.2 Å². The minimum Gasteiger partial charge on any atom is -0.495 e. The van der Waals surface area contributed by atoms with Crippen LogP contribution in [0.25, 0.3) is 0 Å². The van der Waals surface area contributed by atoms with Crippen LogP contribution >= 0.6 is 0 Å². The zero-order valence-corrected chi connectivity index (χ0v) is 19.3. The molecular weight excluding hydrogens is 416 g/mol. The van der Waals surface area contributed by atoms with E-state index in [1.807, 2.05) is 24.3 Å². The number of nitrogens with one attached hydrogen (secondary N) is 1. The summed E-state index contributed by atoms with van der Waals surface area (Å²) in [5.74, 6) is 0.451. The zero-order chi connectivity index (χ0) is 22.9. The molecule has 0 unspecified atom stereocenters. The normalized spacial score (nSPS) is 22.9. The Hall–Kier alpha value is -2.92. The van der Waals surface area contributed by atoms with Crippen molar-refractivity contribution in [1.29, 1.82) is 5.26 Å². The van der Waals surface area contributed by atoms with Gasteiger partial charge in [-0.05, 0) is 48.2 Å². The molecule has 172 valence electrons. The molecule has 3 heterocycles. The van der Waals surface area contributed by atoms with Crippen molar-refractivity contribution < 1.29 is 14.3 Å². The van der Waals surface area contributed by atoms with E-state index in [4.69, 9.17) is 9.47 Å². The van der Waals surface area contributed by atoms with E-state index in [0.29, 0.717) is 24.0 Å². The van der Waals surface area contributed by atoms with Gasteiger partial charge >= 0.3 is 5.97 Å². The number of hydrogen-bond donors (Lipinski definition) is 1. The van der Waals surface area contributed by atoms with E-state index in [-0.39, 0.29) is 12.0 Å². The molecule has 2 aromatic carbocycles. The van der Waals surface area contributed by atoms with Crippen LogP contribution < -0.4 is 10.1 Å². The predicted octanol–water partition coefficient (Wildman–Crippen LogP) is 2.42. The molecule has 1 N–H and O–H groups in total. The molecule has 3 aliphatic heterocycles. The van der Waals surface area contributed by atoms with Crippen molar-refractivity contribution >= 4 is 5.97 Å². The monoisotopic (exact) mass is 446 g/mol. The molecule has 2 aromatic rings. The lowest BCUT2D eigenvalue weighted by Crippen LogP contribution is -2.61. The average molecular weight is 447 g/mol. The molecule has 0 aromatic heterocycles. The Balaban J connectivity index is 1.18. The number of carbonyl (C=O) groups is 1. The lowest BCUT2D eigenvalue weighted by atomic mass is 9.92. The summed E-state index contributed by atoms with van der Waals surface area (Å²) in [6.07, 6.45) is 0.944. The summed E-state index contributed by atoms with van der Waals surface area (Å²) < 4.78 is 10.6. The van der Waals surface area contributed by atoms with Crippen molar-refractivity contribution in [3.8, 4) is 11.8 Å². The molecule has 0 spiro atoms. The number of carbonyl (C=O) groups excluding carboxylic acids is 1. The average Bonchev–Trinajstić information content (AvgIpc) is 3.23. The summed E-state index contributed by atoms with van der Waals surface area (Å²) in [5.41, 5.74) is 6.01. The highest BCUT2D eigenvalue weighted by Crippen LogP contribution is 2.31. The first-order valence-corrected chi connectivity index (χ1v) is 11.6. The Bertz CT molecular complexity index is 1110. The van der Waals surface area contributed by atoms with Gasteiger partial charge in [0.1, 0.15) is 18.4 Å². The largest absolute Gasteiger partial charge is 0.495 e. The fourth-order valence-corrected chi connectivity index (χ4v) is 5.40. The van der Waals surface area contributed by atoms with Gasteiger partial charge in [0.15, 0.2) is 0 Å². The predicted molar refractivity (Wildman–Crippen MR) is 124 cm³/mol. The molecule has 2 saturated heterocycles. The number of piperazine rings is 2. The molecule has 0 bridgehead atoms. The Morgan fingerprint density at radius 3 is 2.94 bits per heavy atom. The SMILES string of the molecule is COc1cc(CCN2CCN3C[C@@H](c4ccc5c(c4C)COC5=O)NC[C@H]3C2)ccc1C#N. The van der Waals surface area contributed by atoms with E-state index in [1.54, 1.807) is 7.11 Å². The van der Waals surface area contributed by atoms with Crippen LogP contribution in [-0.2, 0) is 17.8 Å². The number of ether oxygens (including phenoxy) is 2. The van der Waals surface area contributed by atoms with E-state index in [0.717, 1.165) is 56.8 Å². The van der Waals surface area contributed by atoms with Gasteiger partial charge in [0.25, 0.3) is 0 Å². The zero-order valence-electron chi connectivity index (χ0n) is 19.3. The van der Waals surface area contributed by atoms with Gasteiger partial charge in [-0.2, -0.15) is 5.26 Å². The van der Waals surface area contributed by atoms with Crippen LogP contribution in [0.5, 0.6) is 5.75 Å². The van der Waals surface area contributed by atoms with Gasteiger partial charge in [-0.15, -0.1) is 0 Å². The number of cyclic esters (lactones) is 1. The Morgan fingerprint density at radius 2 is 2.12 bits per heavy atom. The van der Waals surface area contributed by atoms with Gasteiger partial charge in [-0.25, -0.2) is 4.79 Å². The highest BCUT2D eigenvalue weighted by molar-refractivity contribution is 5.94. The lowest BCUT2D eigenvalue weighted by molar-refractivity contribution is 0.0426. The summed E-state index contributed by atoms with van der Waals surface area (Å²) >= 11 is 0. The fraction of sp³-hybridized carbons (Fsp3) is 0.462. The van der Waals surface area contributed by atoms with Crippen molar-refractivity contribution in [2.75, 3.05) is 46.4 Å². The molecule has 5 rings (SSSR count). The van der Waals surface area contributed by atoms with Crippen molar-refractivity contribution in [1.82, 2.24) is 15.1 Å². The first kappa shape index (κ1) is 21.9. The summed E-state index contributed by atoms with van der Waals surface area (Å²) in [7, 11) is 1.61. The third-order valence-corrected chi connectivity index (χ3v) is 7.39. The Kier molecular flexibility index (Phi) is 6.07. The fourth-order valence-electron chi connectivity index (χ4n) is 5.40. The van der Waals surface area contributed by atoms with Crippen LogP contribution in [0.15, 0.2) is 30.3 Å². The molecule has 0 saturated carbocycles. The number of hydrogen-bond acceptors (Lipinski definition) is 7. The van der Waals surface area contributed by atoms with Crippen molar-refractivity contribution in [3.05, 3.63) is 63.7 Å². The number of nitriles is 1. The maximum Gasteiger partial charge on any atom is 0.338 e. The second-order valence-corrected chi connectivity index (χ2v) is 9.19. The molecule has 7 heteroatoms. The molecule has 0 radical (unpaired) electrons. The van der Waals surface area contributed by atoms with E-state index in [1.165, 1.54) is 16.7 Å². The van der Waals surface area contributed by atoms with Crippen LogP contribution in [0.4, 0.5) is 0 Å². The number of nitrogens with zero attached hydrogens (tertiary/aromatic N) is 3. The minimum atomic E-state index is -0.202. The maximum atomic E-state index is 11.9. The number of esters is 1. The van der Waals surface area contributed by atoms with Crippen molar-refractivity contribution in [2.45, 2.75) is 32.0 Å². The van der Waals surface area contributed by atoms with Gasteiger partial charge < -0.3 is 19.7 Å². The summed E-state index contributed by atoms with van der Waals surface area (Å²) in [5, 5.41) is 12.9. The lowest BCUT2D eigenvalue weighted by Gasteiger charge is -2.47. The highest BCUT2D eigenvalue weighted by atomic mass is 16.5. The van der Waals surface area contributed by atoms with E-state index in [9.17, 15) is 10.1 Å². The molecule has 7 nitrogen and oxygen atoms in total. The maximum absolute atomic E-state index is 11.9. The van der Waals surface area contributed by atoms with Crippen LogP contribution in [0, 0.1) is 18.3 Å². The molecule has 0 amide bonds. The smallest absolute Gasteiger partial charge is 0.338 e. The molecule has 33 heavy (non-hydrogen) atoms. The number of rotatable bonds is 5. The number of fused-ring (bicyclic) bond motifs is 2.